The fraction of sp³-hybridized carbons (Fsp3) is 1.00. The highest BCUT2D eigenvalue weighted by molar-refractivity contribution is 4.70. The van der Waals surface area contributed by atoms with E-state index in [4.69, 9.17) is 4.74 Å². The zero-order chi connectivity index (χ0) is 10.4. The lowest BCUT2D eigenvalue weighted by atomic mass is 10.0. The molecule has 0 aliphatic carbocycles. The number of hydrogen-bond acceptors (Lipinski definition) is 2. The average Bonchev–Trinajstić information content (AvgIpc) is 2.15. The first-order valence-electron chi connectivity index (χ1n) is 6.03. The number of hydrogen-bond donors (Lipinski definition) is 1. The van der Waals surface area contributed by atoms with Crippen LogP contribution in [0.4, 0.5) is 0 Å². The lowest BCUT2D eigenvalue weighted by Crippen LogP contribution is -2.37. The molecule has 0 aromatic heterocycles. The molecule has 0 radical (unpaired) electrons. The van der Waals surface area contributed by atoms with Crippen LogP contribution in [0.1, 0.15) is 46.5 Å². The average molecular weight is 199 g/mol. The van der Waals surface area contributed by atoms with Crippen LogP contribution < -0.4 is 5.32 Å². The smallest absolute Gasteiger partial charge is 0.0699 e. The van der Waals surface area contributed by atoms with Crippen molar-refractivity contribution in [2.45, 2.75) is 58.6 Å². The molecular weight excluding hydrogens is 174 g/mol. The van der Waals surface area contributed by atoms with Gasteiger partial charge in [-0.3, -0.25) is 0 Å². The molecule has 0 amide bonds. The van der Waals surface area contributed by atoms with Gasteiger partial charge in [-0.1, -0.05) is 13.8 Å². The molecule has 0 spiro atoms. The molecule has 14 heavy (non-hydrogen) atoms. The number of rotatable bonds is 5. The topological polar surface area (TPSA) is 21.3 Å². The third kappa shape index (κ3) is 4.97. The lowest BCUT2D eigenvalue weighted by molar-refractivity contribution is 0.0153. The molecule has 2 nitrogen and oxygen atoms in total. The molecule has 2 atom stereocenters. The fourth-order valence-corrected chi connectivity index (χ4v) is 2.09. The van der Waals surface area contributed by atoms with Crippen LogP contribution in [0.3, 0.4) is 0 Å². The van der Waals surface area contributed by atoms with Crippen LogP contribution in [0.5, 0.6) is 0 Å². The van der Waals surface area contributed by atoms with Gasteiger partial charge in [0.1, 0.15) is 0 Å². The molecule has 1 aliphatic rings. The first-order chi connectivity index (χ1) is 6.68. The summed E-state index contributed by atoms with van der Waals surface area (Å²) >= 11 is 0. The molecule has 0 aromatic carbocycles. The van der Waals surface area contributed by atoms with E-state index in [1.807, 2.05) is 0 Å². The van der Waals surface area contributed by atoms with Crippen LogP contribution in [0, 0.1) is 5.92 Å². The lowest BCUT2D eigenvalue weighted by Gasteiger charge is -2.25. The molecule has 2 unspecified atom stereocenters. The Hall–Kier alpha value is -0.0800. The molecule has 0 bridgehead atoms. The first-order valence-corrected chi connectivity index (χ1v) is 6.03. The van der Waals surface area contributed by atoms with Gasteiger partial charge in [-0.15, -0.1) is 0 Å². The Morgan fingerprint density at radius 3 is 2.64 bits per heavy atom. The predicted octanol–water partition coefficient (Wildman–Crippen LogP) is 2.58. The third-order valence-corrected chi connectivity index (χ3v) is 2.79. The van der Waals surface area contributed by atoms with E-state index in [0.717, 1.165) is 19.1 Å². The predicted molar refractivity (Wildman–Crippen MR) is 60.5 cm³/mol. The van der Waals surface area contributed by atoms with Gasteiger partial charge >= 0.3 is 0 Å². The summed E-state index contributed by atoms with van der Waals surface area (Å²) in [5.41, 5.74) is 0. The summed E-state index contributed by atoms with van der Waals surface area (Å²) in [6.07, 6.45) is 5.55. The summed E-state index contributed by atoms with van der Waals surface area (Å²) in [5, 5.41) is 3.56. The van der Waals surface area contributed by atoms with Crippen molar-refractivity contribution >= 4 is 0 Å². The van der Waals surface area contributed by atoms with Crippen LogP contribution in [0.25, 0.3) is 0 Å². The summed E-state index contributed by atoms with van der Waals surface area (Å²) < 4.78 is 5.67. The summed E-state index contributed by atoms with van der Waals surface area (Å²) in [6, 6.07) is 0.625. The van der Waals surface area contributed by atoms with Gasteiger partial charge in [-0.25, -0.2) is 0 Å². The van der Waals surface area contributed by atoms with E-state index in [-0.39, 0.29) is 0 Å². The van der Waals surface area contributed by atoms with Gasteiger partial charge in [0.2, 0.25) is 0 Å². The van der Waals surface area contributed by atoms with E-state index in [1.165, 1.54) is 25.7 Å². The molecule has 1 heterocycles. The molecule has 2 heteroatoms. The highest BCUT2D eigenvalue weighted by Crippen LogP contribution is 2.12. The normalized spacial score (nSPS) is 25.3. The van der Waals surface area contributed by atoms with Crippen molar-refractivity contribution in [2.75, 3.05) is 13.2 Å². The largest absolute Gasteiger partial charge is 0.377 e. The minimum Gasteiger partial charge on any atom is -0.377 e. The molecule has 84 valence electrons. The van der Waals surface area contributed by atoms with Crippen molar-refractivity contribution in [3.05, 3.63) is 0 Å². The summed E-state index contributed by atoms with van der Waals surface area (Å²) in [6.45, 7) is 8.81. The van der Waals surface area contributed by atoms with Crippen LogP contribution in [0.15, 0.2) is 0 Å². The Bertz CT molecular complexity index is 141. The molecule has 1 aliphatic heterocycles. The van der Waals surface area contributed by atoms with Crippen LogP contribution in [-0.2, 0) is 4.74 Å². The van der Waals surface area contributed by atoms with Crippen molar-refractivity contribution in [2.24, 2.45) is 5.92 Å². The molecule has 1 rings (SSSR count). The number of nitrogens with one attached hydrogen (secondary N) is 1. The zero-order valence-electron chi connectivity index (χ0n) is 9.88. The van der Waals surface area contributed by atoms with Gasteiger partial charge in [0.15, 0.2) is 0 Å². The fourth-order valence-electron chi connectivity index (χ4n) is 2.09. The van der Waals surface area contributed by atoms with Crippen LogP contribution in [-0.4, -0.2) is 25.3 Å². The van der Waals surface area contributed by atoms with E-state index >= 15 is 0 Å². The maximum absolute atomic E-state index is 5.67. The van der Waals surface area contributed by atoms with Crippen molar-refractivity contribution in [1.29, 1.82) is 0 Å². The van der Waals surface area contributed by atoms with Crippen molar-refractivity contribution < 1.29 is 4.74 Å². The van der Waals surface area contributed by atoms with E-state index < -0.39 is 0 Å². The SMILES string of the molecule is CC(C)CC(C)NCC1CCCCO1. The van der Waals surface area contributed by atoms with E-state index in [0.29, 0.717) is 12.1 Å². The standard InChI is InChI=1S/C12H25NO/c1-10(2)8-11(3)13-9-12-6-4-5-7-14-12/h10-13H,4-9H2,1-3H3. The Labute approximate surface area is 88.4 Å². The molecule has 0 saturated carbocycles. The highest BCUT2D eigenvalue weighted by Gasteiger charge is 2.14. The molecule has 1 fully saturated rings. The van der Waals surface area contributed by atoms with E-state index in [9.17, 15) is 0 Å². The Morgan fingerprint density at radius 1 is 1.29 bits per heavy atom. The van der Waals surface area contributed by atoms with Gasteiger partial charge in [0.25, 0.3) is 0 Å². The first kappa shape index (κ1) is 12.0. The molecule has 1 N–H and O–H groups in total. The Balaban J connectivity index is 2.06. The molecule has 1 saturated heterocycles. The Morgan fingerprint density at radius 2 is 2.07 bits per heavy atom. The van der Waals surface area contributed by atoms with E-state index in [2.05, 4.69) is 26.1 Å². The highest BCUT2D eigenvalue weighted by atomic mass is 16.5. The van der Waals surface area contributed by atoms with Crippen molar-refractivity contribution in [1.82, 2.24) is 5.32 Å². The third-order valence-electron chi connectivity index (χ3n) is 2.79. The van der Waals surface area contributed by atoms with Gasteiger partial charge in [0.05, 0.1) is 6.10 Å². The van der Waals surface area contributed by atoms with Crippen molar-refractivity contribution in [3.63, 3.8) is 0 Å². The second-order valence-corrected chi connectivity index (χ2v) is 4.93. The zero-order valence-corrected chi connectivity index (χ0v) is 9.88. The monoisotopic (exact) mass is 199 g/mol. The quantitative estimate of drug-likeness (QED) is 0.735. The van der Waals surface area contributed by atoms with Crippen molar-refractivity contribution in [3.8, 4) is 0 Å². The maximum Gasteiger partial charge on any atom is 0.0699 e. The van der Waals surface area contributed by atoms with Gasteiger partial charge in [0, 0.05) is 19.2 Å². The minimum atomic E-state index is 0.471. The molecular formula is C12H25NO. The van der Waals surface area contributed by atoms with Crippen LogP contribution in [0.2, 0.25) is 0 Å². The van der Waals surface area contributed by atoms with Gasteiger partial charge in [-0.2, -0.15) is 0 Å². The second-order valence-electron chi connectivity index (χ2n) is 4.93. The number of ether oxygens (including phenoxy) is 1. The van der Waals surface area contributed by atoms with Gasteiger partial charge in [-0.05, 0) is 38.5 Å². The molecule has 0 aromatic rings. The second kappa shape index (κ2) is 6.41. The maximum atomic E-state index is 5.67. The summed E-state index contributed by atoms with van der Waals surface area (Å²) in [7, 11) is 0. The summed E-state index contributed by atoms with van der Waals surface area (Å²) in [4.78, 5) is 0. The van der Waals surface area contributed by atoms with Gasteiger partial charge < -0.3 is 10.1 Å². The van der Waals surface area contributed by atoms with Crippen LogP contribution >= 0.6 is 0 Å². The van der Waals surface area contributed by atoms with E-state index in [1.54, 1.807) is 0 Å². The summed E-state index contributed by atoms with van der Waals surface area (Å²) in [5.74, 6) is 0.782. The Kier molecular flexibility index (Phi) is 5.49. The minimum absolute atomic E-state index is 0.471.